The number of anilines is 1. The first kappa shape index (κ1) is 6.64. The summed E-state index contributed by atoms with van der Waals surface area (Å²) in [5.41, 5.74) is 1.87. The van der Waals surface area contributed by atoms with E-state index in [4.69, 9.17) is 0 Å². The molecule has 0 spiro atoms. The summed E-state index contributed by atoms with van der Waals surface area (Å²) >= 11 is 0. The Morgan fingerprint density at radius 2 is 2.00 bits per heavy atom. The van der Waals surface area contributed by atoms with Gasteiger partial charge in [-0.15, -0.1) is 0 Å². The summed E-state index contributed by atoms with van der Waals surface area (Å²) in [6.45, 7) is 1.87. The normalized spacial score (nSPS) is 17.1. The number of benzene rings is 1. The maximum atomic E-state index is 9.38. The molecule has 0 saturated carbocycles. The Hall–Kier alpha value is -1.06. The van der Waals surface area contributed by atoms with Crippen LogP contribution >= 0.6 is 0 Å². The molecule has 0 atom stereocenters. The highest BCUT2D eigenvalue weighted by atomic mass is 16.6. The van der Waals surface area contributed by atoms with Gasteiger partial charge in [0.1, 0.15) is 0 Å². The molecule has 3 heteroatoms. The molecule has 11 heavy (non-hydrogen) atoms. The highest BCUT2D eigenvalue weighted by Gasteiger charge is 2.21. The topological polar surface area (TPSA) is 26.7 Å². The third kappa shape index (κ3) is 0.895. The molecule has 2 rings (SSSR count). The van der Waals surface area contributed by atoms with E-state index >= 15 is 0 Å². The molecule has 1 aromatic carbocycles. The van der Waals surface area contributed by atoms with Crippen LogP contribution in [-0.4, -0.2) is 17.3 Å². The van der Waals surface area contributed by atoms with Gasteiger partial charge < -0.3 is 0 Å². The summed E-state index contributed by atoms with van der Waals surface area (Å²) in [5, 5.41) is 12.1. The van der Waals surface area contributed by atoms with Gasteiger partial charge in [-0.25, -0.2) is 0 Å². The van der Waals surface area contributed by atoms with Crippen molar-refractivity contribution in [3.63, 3.8) is 0 Å². The molecule has 1 heterocycles. The van der Waals surface area contributed by atoms with E-state index in [1.807, 2.05) is 30.8 Å². The molecule has 0 amide bonds. The third-order valence-electron chi connectivity index (χ3n) is 1.78. The summed E-state index contributed by atoms with van der Waals surface area (Å²) < 4.78 is 0. The van der Waals surface area contributed by atoms with Crippen LogP contribution < -0.4 is 5.17 Å². The van der Waals surface area contributed by atoms with Crippen molar-refractivity contribution >= 4 is 5.69 Å². The number of fused-ring (bicyclic) bond motifs is 1. The van der Waals surface area contributed by atoms with E-state index in [1.165, 1.54) is 0 Å². The summed E-state index contributed by atoms with van der Waals surface area (Å²) in [6, 6.07) is 7.68. The minimum absolute atomic E-state index is 0.829. The maximum absolute atomic E-state index is 9.38. The van der Waals surface area contributed by atoms with Gasteiger partial charge in [0.25, 0.3) is 0 Å². The van der Waals surface area contributed by atoms with E-state index in [9.17, 15) is 5.21 Å². The van der Waals surface area contributed by atoms with Gasteiger partial charge in [-0.1, -0.05) is 18.2 Å². The molecule has 0 fully saturated rings. The van der Waals surface area contributed by atoms with E-state index in [0.717, 1.165) is 16.4 Å². The van der Waals surface area contributed by atoms with E-state index in [1.54, 1.807) is 12.1 Å². The fourth-order valence-corrected chi connectivity index (χ4v) is 1.20. The second kappa shape index (κ2) is 2.22. The first-order valence-corrected chi connectivity index (χ1v) is 3.45. The Bertz CT molecular complexity index is 275. The van der Waals surface area contributed by atoms with Crippen LogP contribution in [0.1, 0.15) is 5.56 Å². The molecule has 1 aliphatic rings. The van der Waals surface area contributed by atoms with Crippen molar-refractivity contribution in [2.24, 2.45) is 0 Å². The van der Waals surface area contributed by atoms with E-state index in [-0.39, 0.29) is 0 Å². The molecule has 1 radical (unpaired) electrons. The number of hydrazine groups is 1. The van der Waals surface area contributed by atoms with Crippen LogP contribution in [0.3, 0.4) is 0 Å². The molecule has 0 unspecified atom stereocenters. The van der Waals surface area contributed by atoms with Gasteiger partial charge in [0, 0.05) is 12.6 Å². The molecule has 0 saturated heterocycles. The lowest BCUT2D eigenvalue weighted by Gasteiger charge is -2.17. The maximum Gasteiger partial charge on any atom is 0.0872 e. The predicted octanol–water partition coefficient (Wildman–Crippen LogP) is 1.25. The van der Waals surface area contributed by atoms with E-state index < -0.39 is 0 Å². The van der Waals surface area contributed by atoms with Gasteiger partial charge >= 0.3 is 0 Å². The zero-order valence-corrected chi connectivity index (χ0v) is 6.23. The first-order chi connectivity index (χ1) is 5.29. The highest BCUT2D eigenvalue weighted by molar-refractivity contribution is 5.57. The molecule has 1 aromatic rings. The lowest BCUT2D eigenvalue weighted by Crippen LogP contribution is -2.29. The number of hydrogen-bond donors (Lipinski definition) is 1. The van der Waals surface area contributed by atoms with Gasteiger partial charge in [0.2, 0.25) is 0 Å². The van der Waals surface area contributed by atoms with Crippen LogP contribution in [0, 0.1) is 6.54 Å². The Balaban J connectivity index is 2.47. The molecule has 57 valence electrons. The molecule has 1 N–H and O–H groups in total. The fourth-order valence-electron chi connectivity index (χ4n) is 1.20. The van der Waals surface area contributed by atoms with Gasteiger partial charge in [0.15, 0.2) is 0 Å². The quantitative estimate of drug-likeness (QED) is 0.601. The molecule has 3 nitrogen and oxygen atoms in total. The van der Waals surface area contributed by atoms with Crippen LogP contribution in [0.15, 0.2) is 24.3 Å². The van der Waals surface area contributed by atoms with Crippen LogP contribution in [0.4, 0.5) is 5.69 Å². The van der Waals surface area contributed by atoms with Crippen molar-refractivity contribution in [2.75, 3.05) is 12.2 Å². The summed E-state index contributed by atoms with van der Waals surface area (Å²) in [4.78, 5) is 0. The predicted molar refractivity (Wildman–Crippen MR) is 41.9 cm³/mol. The summed E-state index contributed by atoms with van der Waals surface area (Å²) in [7, 11) is 1.79. The van der Waals surface area contributed by atoms with Crippen LogP contribution in [0.5, 0.6) is 0 Å². The number of hydrogen-bond acceptors (Lipinski definition) is 3. The number of nitrogens with zero attached hydrogens (tertiary/aromatic N) is 2. The van der Waals surface area contributed by atoms with Crippen molar-refractivity contribution < 1.29 is 5.21 Å². The molecule has 0 bridgehead atoms. The van der Waals surface area contributed by atoms with Crippen molar-refractivity contribution in [3.8, 4) is 0 Å². The van der Waals surface area contributed by atoms with Crippen LogP contribution in [-0.2, 0) is 0 Å². The Morgan fingerprint density at radius 3 is 2.73 bits per heavy atom. The van der Waals surface area contributed by atoms with Crippen molar-refractivity contribution in [3.05, 3.63) is 36.4 Å². The van der Waals surface area contributed by atoms with Crippen molar-refractivity contribution in [1.82, 2.24) is 5.01 Å². The van der Waals surface area contributed by atoms with Crippen molar-refractivity contribution in [1.29, 1.82) is 0 Å². The molecule has 1 aliphatic heterocycles. The lowest BCUT2D eigenvalue weighted by atomic mass is 10.2. The largest absolute Gasteiger partial charge is 0.273 e. The highest BCUT2D eigenvalue weighted by Crippen LogP contribution is 2.28. The SMILES string of the molecule is CN1[CH]c2ccccc2N1O. The van der Waals surface area contributed by atoms with Crippen LogP contribution in [0.2, 0.25) is 0 Å². The average molecular weight is 149 g/mol. The van der Waals surface area contributed by atoms with Crippen molar-refractivity contribution in [2.45, 2.75) is 0 Å². The minimum Gasteiger partial charge on any atom is -0.273 e. The second-order valence-electron chi connectivity index (χ2n) is 2.55. The number of para-hydroxylation sites is 1. The Labute approximate surface area is 65.4 Å². The van der Waals surface area contributed by atoms with Gasteiger partial charge in [0.05, 0.1) is 12.2 Å². The third-order valence-corrected chi connectivity index (χ3v) is 1.78. The lowest BCUT2D eigenvalue weighted by molar-refractivity contribution is 0.126. The smallest absolute Gasteiger partial charge is 0.0872 e. The van der Waals surface area contributed by atoms with Crippen LogP contribution in [0.25, 0.3) is 0 Å². The van der Waals surface area contributed by atoms with Gasteiger partial charge in [-0.2, -0.15) is 10.2 Å². The minimum atomic E-state index is 0.829. The monoisotopic (exact) mass is 149 g/mol. The second-order valence-corrected chi connectivity index (χ2v) is 2.55. The fraction of sp³-hybridized carbons (Fsp3) is 0.125. The average Bonchev–Trinajstić information content (AvgIpc) is 2.30. The molecule has 0 aromatic heterocycles. The zero-order valence-electron chi connectivity index (χ0n) is 6.23. The van der Waals surface area contributed by atoms with Gasteiger partial charge in [-0.05, 0) is 6.07 Å². The molecule has 0 aliphatic carbocycles. The van der Waals surface area contributed by atoms with E-state index in [0.29, 0.717) is 0 Å². The summed E-state index contributed by atoms with van der Waals surface area (Å²) in [5.74, 6) is 0. The zero-order chi connectivity index (χ0) is 7.84. The summed E-state index contributed by atoms with van der Waals surface area (Å²) in [6.07, 6.45) is 0. The first-order valence-electron chi connectivity index (χ1n) is 3.45. The Kier molecular flexibility index (Phi) is 1.34. The molecular formula is C8H9N2O. The molecular weight excluding hydrogens is 140 g/mol. The van der Waals surface area contributed by atoms with Gasteiger partial charge in [-0.3, -0.25) is 5.21 Å². The standard InChI is InChI=1S/C8H9N2O/c1-9-6-7-4-2-3-5-8(7)10(9)11/h2-6,11H,1H3. The number of rotatable bonds is 0. The van der Waals surface area contributed by atoms with E-state index in [2.05, 4.69) is 0 Å². The Morgan fingerprint density at radius 1 is 1.27 bits per heavy atom.